The fourth-order valence-corrected chi connectivity index (χ4v) is 10.6. The Morgan fingerprint density at radius 1 is 0.892 bits per heavy atom. The summed E-state index contributed by atoms with van der Waals surface area (Å²) in [5, 5.41) is 2.04. The molecule has 1 aliphatic heterocycles. The molecule has 1 heterocycles. The lowest BCUT2D eigenvalue weighted by atomic mass is 10.2. The van der Waals surface area contributed by atoms with Crippen LogP contribution in [0.1, 0.15) is 32.8 Å². The van der Waals surface area contributed by atoms with Crippen molar-refractivity contribution in [2.24, 2.45) is 0 Å². The quantitative estimate of drug-likeness (QED) is 0.296. The third kappa shape index (κ3) is 5.90. The Morgan fingerprint density at radius 3 is 1.92 bits per heavy atom. The fraction of sp³-hybridized carbons (Fsp3) is 0.379. The van der Waals surface area contributed by atoms with Crippen molar-refractivity contribution in [3.63, 3.8) is 0 Å². The van der Waals surface area contributed by atoms with Crippen LogP contribution >= 0.6 is 0 Å². The third-order valence-corrected chi connectivity index (χ3v) is 13.2. The molecule has 0 aliphatic carbocycles. The summed E-state index contributed by atoms with van der Waals surface area (Å²) in [5.41, 5.74) is 0.972. The lowest BCUT2D eigenvalue weighted by Gasteiger charge is -2.45. The van der Waals surface area contributed by atoms with Crippen molar-refractivity contribution in [3.8, 4) is 0 Å². The standard InChI is InChI=1S/C29H36O6SSi/c1-22-16-18-23(19-17-22)36(30,31)33-21-27-26(20-28(32-5)34-27)35-37(29(2,3)4,24-12-8-6-9-13-24)25-14-10-7-11-15-25/h6-19,26-28H,20-21H2,1-5H3/t26-,27+,28?/m0/s1. The van der Waals surface area contributed by atoms with E-state index in [1.54, 1.807) is 31.4 Å². The number of rotatable bonds is 9. The molecule has 1 saturated heterocycles. The summed E-state index contributed by atoms with van der Waals surface area (Å²) in [6, 6.07) is 27.2. The molecule has 3 aromatic carbocycles. The first-order valence-electron chi connectivity index (χ1n) is 12.5. The van der Waals surface area contributed by atoms with E-state index in [1.807, 2.05) is 43.3 Å². The maximum Gasteiger partial charge on any atom is 0.297 e. The average molecular weight is 541 g/mol. The molecule has 37 heavy (non-hydrogen) atoms. The molecule has 0 amide bonds. The second kappa shape index (κ2) is 11.2. The molecule has 0 bridgehead atoms. The van der Waals surface area contributed by atoms with Crippen LogP contribution in [0.2, 0.25) is 5.04 Å². The van der Waals surface area contributed by atoms with Gasteiger partial charge in [0.15, 0.2) is 6.29 Å². The van der Waals surface area contributed by atoms with Gasteiger partial charge in [-0.1, -0.05) is 99.1 Å². The van der Waals surface area contributed by atoms with Crippen LogP contribution in [0.25, 0.3) is 0 Å². The minimum absolute atomic E-state index is 0.115. The van der Waals surface area contributed by atoms with Crippen molar-refractivity contribution in [3.05, 3.63) is 90.5 Å². The molecule has 1 unspecified atom stereocenters. The highest BCUT2D eigenvalue weighted by Crippen LogP contribution is 2.40. The van der Waals surface area contributed by atoms with E-state index in [4.69, 9.17) is 18.1 Å². The number of ether oxygens (including phenoxy) is 2. The lowest BCUT2D eigenvalue weighted by Crippen LogP contribution is -2.68. The molecule has 4 rings (SSSR count). The van der Waals surface area contributed by atoms with Crippen molar-refractivity contribution < 1.29 is 26.5 Å². The molecular weight excluding hydrogens is 504 g/mol. The first-order chi connectivity index (χ1) is 17.6. The number of benzene rings is 3. The zero-order chi connectivity index (χ0) is 26.7. The Bertz CT molecular complexity index is 1220. The maximum atomic E-state index is 12.9. The molecule has 1 aliphatic rings. The van der Waals surface area contributed by atoms with E-state index in [9.17, 15) is 8.42 Å². The van der Waals surface area contributed by atoms with Gasteiger partial charge in [0.05, 0.1) is 17.6 Å². The van der Waals surface area contributed by atoms with Gasteiger partial charge in [-0.05, 0) is 34.5 Å². The molecule has 8 heteroatoms. The predicted molar refractivity (Wildman–Crippen MR) is 147 cm³/mol. The minimum atomic E-state index is -3.95. The van der Waals surface area contributed by atoms with E-state index in [0.717, 1.165) is 15.9 Å². The summed E-state index contributed by atoms with van der Waals surface area (Å²) in [4.78, 5) is 0.115. The topological polar surface area (TPSA) is 71.1 Å². The zero-order valence-electron chi connectivity index (χ0n) is 22.1. The predicted octanol–water partition coefficient (Wildman–Crippen LogP) is 4.41. The second-order valence-corrected chi connectivity index (χ2v) is 16.3. The molecule has 3 atom stereocenters. The van der Waals surface area contributed by atoms with Gasteiger partial charge in [-0.15, -0.1) is 0 Å². The number of hydrogen-bond donors (Lipinski definition) is 0. The number of methoxy groups -OCH3 is 1. The maximum absolute atomic E-state index is 12.9. The van der Waals surface area contributed by atoms with Crippen LogP contribution in [0.5, 0.6) is 0 Å². The highest BCUT2D eigenvalue weighted by molar-refractivity contribution is 7.86. The second-order valence-electron chi connectivity index (χ2n) is 10.4. The van der Waals surface area contributed by atoms with Crippen molar-refractivity contribution in [1.29, 1.82) is 0 Å². The lowest BCUT2D eigenvalue weighted by molar-refractivity contribution is -0.124. The van der Waals surface area contributed by atoms with E-state index in [-0.39, 0.29) is 16.5 Å². The molecule has 6 nitrogen and oxygen atoms in total. The monoisotopic (exact) mass is 540 g/mol. The van der Waals surface area contributed by atoms with Crippen LogP contribution in [-0.4, -0.2) is 48.9 Å². The third-order valence-electron chi connectivity index (χ3n) is 6.87. The van der Waals surface area contributed by atoms with Crippen LogP contribution in [0.15, 0.2) is 89.8 Å². The van der Waals surface area contributed by atoms with Gasteiger partial charge in [-0.25, -0.2) is 0 Å². The van der Waals surface area contributed by atoms with Crippen LogP contribution < -0.4 is 10.4 Å². The van der Waals surface area contributed by atoms with Gasteiger partial charge in [-0.3, -0.25) is 4.18 Å². The minimum Gasteiger partial charge on any atom is -0.402 e. The van der Waals surface area contributed by atoms with Crippen LogP contribution in [0.3, 0.4) is 0 Å². The Hall–Kier alpha value is -2.33. The van der Waals surface area contributed by atoms with Gasteiger partial charge in [-0.2, -0.15) is 8.42 Å². The normalized spacial score (nSPS) is 20.7. The Kier molecular flexibility index (Phi) is 8.37. The van der Waals surface area contributed by atoms with Crippen LogP contribution in [0.4, 0.5) is 0 Å². The molecule has 0 radical (unpaired) electrons. The van der Waals surface area contributed by atoms with E-state index in [2.05, 4.69) is 45.0 Å². The SMILES string of the molecule is COC1C[C@H](O[Si](c2ccccc2)(c2ccccc2)C(C)(C)C)[C@@H](COS(=O)(=O)c2ccc(C)cc2)O1. The Labute approximate surface area is 221 Å². The summed E-state index contributed by atoms with van der Waals surface area (Å²) in [6.45, 7) is 8.35. The van der Waals surface area contributed by atoms with E-state index < -0.39 is 36.9 Å². The number of hydrogen-bond acceptors (Lipinski definition) is 6. The highest BCUT2D eigenvalue weighted by atomic mass is 32.2. The first kappa shape index (κ1) is 27.7. The van der Waals surface area contributed by atoms with Gasteiger partial charge >= 0.3 is 0 Å². The van der Waals surface area contributed by atoms with Gasteiger partial charge in [0.2, 0.25) is 0 Å². The molecular formula is C29H36O6SSi. The van der Waals surface area contributed by atoms with Crippen molar-refractivity contribution in [2.75, 3.05) is 13.7 Å². The molecule has 1 fully saturated rings. The average Bonchev–Trinajstić information content (AvgIpc) is 3.28. The molecule has 0 N–H and O–H groups in total. The summed E-state index contributed by atoms with van der Waals surface area (Å²) in [5.74, 6) is 0. The van der Waals surface area contributed by atoms with Crippen LogP contribution in [-0.2, 0) is 28.2 Å². The van der Waals surface area contributed by atoms with E-state index >= 15 is 0 Å². The fourth-order valence-electron chi connectivity index (χ4n) is 4.95. The van der Waals surface area contributed by atoms with E-state index in [1.165, 1.54) is 0 Å². The molecule has 198 valence electrons. The van der Waals surface area contributed by atoms with Crippen LogP contribution in [0, 0.1) is 6.92 Å². The summed E-state index contributed by atoms with van der Waals surface area (Å²) in [7, 11) is -5.26. The molecule has 3 aromatic rings. The first-order valence-corrected chi connectivity index (χ1v) is 15.8. The van der Waals surface area contributed by atoms with Crippen molar-refractivity contribution in [2.45, 2.75) is 62.5 Å². The van der Waals surface area contributed by atoms with Crippen molar-refractivity contribution in [1.82, 2.24) is 0 Å². The summed E-state index contributed by atoms with van der Waals surface area (Å²) < 4.78 is 50.1. The smallest absolute Gasteiger partial charge is 0.297 e. The van der Waals surface area contributed by atoms with Gasteiger partial charge in [0.25, 0.3) is 18.4 Å². The number of aryl methyl sites for hydroxylation is 1. The van der Waals surface area contributed by atoms with Gasteiger partial charge in [0, 0.05) is 13.5 Å². The van der Waals surface area contributed by atoms with Gasteiger partial charge in [0.1, 0.15) is 6.10 Å². The summed E-state index contributed by atoms with van der Waals surface area (Å²) >= 11 is 0. The Morgan fingerprint density at radius 2 is 1.43 bits per heavy atom. The largest absolute Gasteiger partial charge is 0.402 e. The molecule has 0 spiro atoms. The van der Waals surface area contributed by atoms with E-state index in [0.29, 0.717) is 6.42 Å². The Balaban J connectivity index is 1.68. The summed E-state index contributed by atoms with van der Waals surface area (Å²) in [6.07, 6.45) is -1.09. The van der Waals surface area contributed by atoms with Crippen molar-refractivity contribution >= 4 is 28.8 Å². The zero-order valence-corrected chi connectivity index (χ0v) is 23.9. The molecule has 0 aromatic heterocycles. The van der Waals surface area contributed by atoms with Gasteiger partial charge < -0.3 is 13.9 Å². The highest BCUT2D eigenvalue weighted by Gasteiger charge is 2.53. The molecule has 0 saturated carbocycles.